The molecule has 0 aromatic heterocycles. The van der Waals surface area contributed by atoms with Gasteiger partial charge < -0.3 is 19.7 Å². The van der Waals surface area contributed by atoms with Gasteiger partial charge in [-0.2, -0.15) is 22.0 Å². The number of rotatable bonds is 4. The molecule has 5 nitrogen and oxygen atoms in total. The highest BCUT2D eigenvalue weighted by atomic mass is 32.2. The quantitative estimate of drug-likeness (QED) is 0.506. The van der Waals surface area contributed by atoms with E-state index in [4.69, 9.17) is 5.73 Å². The molecule has 0 saturated carbocycles. The Morgan fingerprint density at radius 3 is 2.25 bits per heavy atom. The Morgan fingerprint density at radius 1 is 1.30 bits per heavy atom. The van der Waals surface area contributed by atoms with Crippen LogP contribution in [0.2, 0.25) is 0 Å². The van der Waals surface area contributed by atoms with Crippen molar-refractivity contribution in [3.63, 3.8) is 0 Å². The number of halogens is 5. The van der Waals surface area contributed by atoms with Gasteiger partial charge in [-0.1, -0.05) is 0 Å². The zero-order valence-corrected chi connectivity index (χ0v) is 10.6. The minimum Gasteiger partial charge on any atom is -0.755 e. The van der Waals surface area contributed by atoms with E-state index in [1.807, 2.05) is 0 Å². The first kappa shape index (κ1) is 16.4. The lowest BCUT2D eigenvalue weighted by Gasteiger charge is -2.22. The summed E-state index contributed by atoms with van der Waals surface area (Å²) in [6, 6.07) is 0.670. The van der Waals surface area contributed by atoms with Crippen molar-refractivity contribution in [2.75, 3.05) is 17.6 Å². The summed E-state index contributed by atoms with van der Waals surface area (Å²) in [7, 11) is 1.05. The zero-order valence-electron chi connectivity index (χ0n) is 9.75. The van der Waals surface area contributed by atoms with Gasteiger partial charge in [0, 0.05) is 16.8 Å². The van der Waals surface area contributed by atoms with E-state index in [1.165, 1.54) is 0 Å². The summed E-state index contributed by atoms with van der Waals surface area (Å²) in [4.78, 5) is 0. The third kappa shape index (κ3) is 3.10. The van der Waals surface area contributed by atoms with Crippen molar-refractivity contribution in [2.45, 2.75) is 12.1 Å². The molecule has 0 bridgehead atoms. The van der Waals surface area contributed by atoms with Crippen molar-refractivity contribution >= 4 is 22.6 Å². The topological polar surface area (TPSA) is 87.4 Å². The maximum Gasteiger partial charge on any atom is 0.458 e. The smallest absolute Gasteiger partial charge is 0.458 e. The standard InChI is InChI=1S/C9H9F5N2O3S/c1-19-7-5(15)2-4(3-6(7)16-20(17)18)8(10,11)9(12,13)14/h2-3,16H,15H2,1H3,(H,17,18)/p-1. The first-order valence-electron chi connectivity index (χ1n) is 4.79. The van der Waals surface area contributed by atoms with E-state index in [-0.39, 0.29) is 5.75 Å². The van der Waals surface area contributed by atoms with Crippen LogP contribution in [0.25, 0.3) is 0 Å². The average molecular weight is 319 g/mol. The Morgan fingerprint density at radius 2 is 1.85 bits per heavy atom. The highest BCUT2D eigenvalue weighted by Crippen LogP contribution is 2.47. The molecule has 0 aliphatic heterocycles. The van der Waals surface area contributed by atoms with Crippen LogP contribution in [0.1, 0.15) is 5.56 Å². The summed E-state index contributed by atoms with van der Waals surface area (Å²) >= 11 is -2.95. The molecule has 20 heavy (non-hydrogen) atoms. The minimum absolute atomic E-state index is 0.304. The largest absolute Gasteiger partial charge is 0.755 e. The SMILES string of the molecule is COc1c(N)cc(C(F)(F)C(F)(F)F)cc1NS(=O)[O-]. The second-order valence-electron chi connectivity index (χ2n) is 3.56. The summed E-state index contributed by atoms with van der Waals surface area (Å²) in [6.45, 7) is 0. The normalized spacial score (nSPS) is 13.9. The maximum atomic E-state index is 13.2. The van der Waals surface area contributed by atoms with Gasteiger partial charge in [0.15, 0.2) is 5.75 Å². The van der Waals surface area contributed by atoms with Crippen LogP contribution < -0.4 is 15.2 Å². The van der Waals surface area contributed by atoms with Crippen molar-refractivity contribution in [1.82, 2.24) is 0 Å². The van der Waals surface area contributed by atoms with Gasteiger partial charge in [-0.15, -0.1) is 0 Å². The van der Waals surface area contributed by atoms with Crippen LogP contribution in [-0.2, 0) is 17.2 Å². The number of hydrogen-bond acceptors (Lipinski definition) is 4. The predicted molar refractivity (Wildman–Crippen MR) is 59.9 cm³/mol. The van der Waals surface area contributed by atoms with Gasteiger partial charge in [0.2, 0.25) is 0 Å². The van der Waals surface area contributed by atoms with E-state index in [9.17, 15) is 30.7 Å². The van der Waals surface area contributed by atoms with Crippen LogP contribution in [0.3, 0.4) is 0 Å². The molecule has 1 rings (SSSR count). The summed E-state index contributed by atoms with van der Waals surface area (Å²) in [6.07, 6.45) is -5.85. The van der Waals surface area contributed by atoms with Gasteiger partial charge in [-0.25, -0.2) is 0 Å². The van der Waals surface area contributed by atoms with E-state index in [1.54, 1.807) is 4.72 Å². The average Bonchev–Trinajstić information content (AvgIpc) is 2.26. The fraction of sp³-hybridized carbons (Fsp3) is 0.333. The van der Waals surface area contributed by atoms with Crippen LogP contribution in [0, 0.1) is 0 Å². The van der Waals surface area contributed by atoms with Crippen molar-refractivity contribution in [3.8, 4) is 5.75 Å². The number of benzene rings is 1. The van der Waals surface area contributed by atoms with E-state index < -0.39 is 40.3 Å². The minimum atomic E-state index is -5.85. The first-order chi connectivity index (χ1) is 9.00. The molecule has 1 aromatic carbocycles. The van der Waals surface area contributed by atoms with E-state index in [0.717, 1.165) is 7.11 Å². The predicted octanol–water partition coefficient (Wildman–Crippen LogP) is 2.14. The van der Waals surface area contributed by atoms with Gasteiger partial charge in [0.05, 0.1) is 18.5 Å². The third-order valence-corrected chi connectivity index (χ3v) is 2.62. The molecule has 114 valence electrons. The molecule has 1 unspecified atom stereocenters. The van der Waals surface area contributed by atoms with Crippen LogP contribution in [0.4, 0.5) is 33.3 Å². The summed E-state index contributed by atoms with van der Waals surface area (Å²) < 4.78 is 90.4. The number of anilines is 2. The molecule has 3 N–H and O–H groups in total. The fourth-order valence-corrected chi connectivity index (χ4v) is 1.72. The number of alkyl halides is 5. The molecular formula is C9H8F5N2O3S-. The Balaban J connectivity index is 3.45. The van der Waals surface area contributed by atoms with Crippen LogP contribution >= 0.6 is 0 Å². The molecule has 0 saturated heterocycles. The van der Waals surface area contributed by atoms with Gasteiger partial charge in [0.1, 0.15) is 0 Å². The fourth-order valence-electron chi connectivity index (χ4n) is 1.39. The third-order valence-electron chi connectivity index (χ3n) is 2.23. The van der Waals surface area contributed by atoms with Crippen molar-refractivity contribution in [3.05, 3.63) is 17.7 Å². The molecule has 0 heterocycles. The van der Waals surface area contributed by atoms with Crippen LogP contribution in [0.5, 0.6) is 5.75 Å². The molecule has 1 aromatic rings. The maximum absolute atomic E-state index is 13.2. The molecule has 0 aliphatic carbocycles. The first-order valence-corrected chi connectivity index (χ1v) is 5.86. The van der Waals surface area contributed by atoms with Gasteiger partial charge in [-0.3, -0.25) is 4.21 Å². The number of nitrogens with two attached hydrogens (primary N) is 1. The lowest BCUT2D eigenvalue weighted by Crippen LogP contribution is -2.33. The van der Waals surface area contributed by atoms with Crippen LogP contribution in [0.15, 0.2) is 12.1 Å². The number of nitrogens with one attached hydrogen (secondary N) is 1. The molecule has 0 spiro atoms. The Kier molecular flexibility index (Phi) is 4.44. The number of methoxy groups -OCH3 is 1. The van der Waals surface area contributed by atoms with Gasteiger partial charge in [-0.05, 0) is 12.1 Å². The zero-order chi connectivity index (χ0) is 15.7. The summed E-state index contributed by atoms with van der Waals surface area (Å²) in [5.41, 5.74) is 2.59. The second kappa shape index (κ2) is 5.40. The monoisotopic (exact) mass is 319 g/mol. The van der Waals surface area contributed by atoms with E-state index in [0.29, 0.717) is 12.1 Å². The number of nitrogen functional groups attached to an aromatic ring is 1. The molecule has 0 radical (unpaired) electrons. The second-order valence-corrected chi connectivity index (χ2v) is 4.23. The Hall–Kier alpha value is -1.62. The number of hydrogen-bond donors (Lipinski definition) is 2. The highest BCUT2D eigenvalue weighted by molar-refractivity contribution is 7.80. The summed E-state index contributed by atoms with van der Waals surface area (Å²) in [5.74, 6) is -5.55. The molecule has 11 heteroatoms. The van der Waals surface area contributed by atoms with Crippen molar-refractivity contribution < 1.29 is 35.5 Å². The Labute approximate surface area is 112 Å². The molecule has 1 atom stereocenters. The molecular weight excluding hydrogens is 311 g/mol. The van der Waals surface area contributed by atoms with E-state index >= 15 is 0 Å². The highest BCUT2D eigenvalue weighted by Gasteiger charge is 2.59. The summed E-state index contributed by atoms with van der Waals surface area (Å²) in [5, 5.41) is 0. The molecule has 0 amide bonds. The lowest BCUT2D eigenvalue weighted by molar-refractivity contribution is -0.289. The lowest BCUT2D eigenvalue weighted by atomic mass is 10.1. The Bertz CT molecular complexity index is 535. The molecule has 0 fully saturated rings. The van der Waals surface area contributed by atoms with Crippen molar-refractivity contribution in [2.24, 2.45) is 0 Å². The van der Waals surface area contributed by atoms with Gasteiger partial charge in [0.25, 0.3) is 0 Å². The van der Waals surface area contributed by atoms with Crippen LogP contribution in [-0.4, -0.2) is 22.0 Å². The van der Waals surface area contributed by atoms with E-state index in [2.05, 4.69) is 4.74 Å². The van der Waals surface area contributed by atoms with Gasteiger partial charge >= 0.3 is 12.1 Å². The molecule has 0 aliphatic rings. The van der Waals surface area contributed by atoms with Crippen molar-refractivity contribution in [1.29, 1.82) is 0 Å². The number of ether oxygens (including phenoxy) is 1.